The van der Waals surface area contributed by atoms with Crippen LogP contribution in [-0.2, 0) is 18.9 Å². The Morgan fingerprint density at radius 2 is 0.776 bits per heavy atom. The van der Waals surface area contributed by atoms with Crippen molar-refractivity contribution >= 4 is 0 Å². The number of rotatable bonds is 0. The molecule has 5 heteroatoms. The SMILES string of the molecule is C1=CCOCC1.C1=COCC1.C1CCNCC1.C1CCOC1.C1CCOCC1.CC(C)(C)C.CC(C)C.CC(C)C.CC(C)C.CC(C)C. The minimum absolute atomic E-state index is 0.500. The van der Waals surface area contributed by atoms with Gasteiger partial charge in [0.25, 0.3) is 0 Å². The molecule has 0 aromatic heterocycles. The Morgan fingerprint density at radius 3 is 0.878 bits per heavy atom. The summed E-state index contributed by atoms with van der Waals surface area (Å²) >= 11 is 0. The number of piperidine rings is 1. The smallest absolute Gasteiger partial charge is 0.0908 e. The van der Waals surface area contributed by atoms with Crippen LogP contribution in [0.1, 0.15) is 175 Å². The van der Waals surface area contributed by atoms with Crippen molar-refractivity contribution in [3.63, 3.8) is 0 Å². The van der Waals surface area contributed by atoms with Gasteiger partial charge < -0.3 is 24.3 Å². The third kappa shape index (κ3) is 130. The summed E-state index contributed by atoms with van der Waals surface area (Å²) in [6.07, 6.45) is 20.8. The molecular formula is C44H95NO4. The first kappa shape index (κ1) is 57.5. The van der Waals surface area contributed by atoms with E-state index >= 15 is 0 Å². The van der Waals surface area contributed by atoms with Crippen LogP contribution in [0.2, 0.25) is 0 Å². The van der Waals surface area contributed by atoms with Crippen molar-refractivity contribution in [2.24, 2.45) is 29.1 Å². The van der Waals surface area contributed by atoms with Gasteiger partial charge in [0.05, 0.1) is 26.1 Å². The van der Waals surface area contributed by atoms with Gasteiger partial charge in [0.2, 0.25) is 0 Å². The molecule has 0 saturated carbocycles. The Balaban J connectivity index is -0.000000147. The van der Waals surface area contributed by atoms with E-state index in [1.54, 1.807) is 6.26 Å². The summed E-state index contributed by atoms with van der Waals surface area (Å²) in [6.45, 7) is 43.9. The molecule has 0 atom stereocenters. The molecule has 5 rings (SSSR count). The maximum Gasteiger partial charge on any atom is 0.0908 e. The average Bonchev–Trinajstić information content (AvgIpc) is 3.79. The third-order valence-corrected chi connectivity index (χ3v) is 4.52. The standard InChI is InChI=1S/C5H11N.C5H10O.C5H8O.C5H12.C4H8O.C4H6O.4C4H10/c3*1-2-4-6-5-3-1;1-5(2,3)4;2*1-2-4-5-3-1;4*1-4(2)3/h6H,1-5H2;1-5H2;1-2H,3-5H2;1-4H3;1-4H2;1,3H,2,4H2;4*4H,1-3H3. The van der Waals surface area contributed by atoms with Gasteiger partial charge in [-0.25, -0.2) is 0 Å². The minimum Gasteiger partial charge on any atom is -0.501 e. The highest BCUT2D eigenvalue weighted by molar-refractivity contribution is 4.84. The van der Waals surface area contributed by atoms with Gasteiger partial charge in [-0.15, -0.1) is 0 Å². The number of hydrogen-bond acceptors (Lipinski definition) is 5. The first-order valence-corrected chi connectivity index (χ1v) is 20.3. The highest BCUT2D eigenvalue weighted by atomic mass is 16.5. The fraction of sp³-hybridized carbons (Fsp3) is 0.909. The summed E-state index contributed by atoms with van der Waals surface area (Å²) in [5.41, 5.74) is 0.500. The van der Waals surface area contributed by atoms with Crippen LogP contribution in [0.25, 0.3) is 0 Å². The monoisotopic (exact) mass is 702 g/mol. The van der Waals surface area contributed by atoms with E-state index in [1.807, 2.05) is 12.2 Å². The van der Waals surface area contributed by atoms with Crippen LogP contribution in [0.3, 0.4) is 0 Å². The van der Waals surface area contributed by atoms with E-state index in [4.69, 9.17) is 18.9 Å². The zero-order valence-electron chi connectivity index (χ0n) is 36.7. The Morgan fingerprint density at radius 1 is 0.429 bits per heavy atom. The van der Waals surface area contributed by atoms with Gasteiger partial charge in [-0.05, 0) is 99.6 Å². The molecular weight excluding hydrogens is 606 g/mol. The van der Waals surface area contributed by atoms with Gasteiger partial charge in [0.15, 0.2) is 0 Å². The van der Waals surface area contributed by atoms with E-state index in [2.05, 4.69) is 122 Å². The lowest BCUT2D eigenvalue weighted by Gasteiger charge is -2.08. The van der Waals surface area contributed by atoms with E-state index in [9.17, 15) is 0 Å². The largest absolute Gasteiger partial charge is 0.501 e. The molecule has 5 aliphatic heterocycles. The lowest BCUT2D eigenvalue weighted by atomic mass is 10.0. The minimum atomic E-state index is 0.500. The average molecular weight is 702 g/mol. The molecule has 300 valence electrons. The van der Waals surface area contributed by atoms with Gasteiger partial charge in [0.1, 0.15) is 0 Å². The summed E-state index contributed by atoms with van der Waals surface area (Å²) in [6, 6.07) is 0. The maximum atomic E-state index is 5.07. The molecule has 5 nitrogen and oxygen atoms in total. The van der Waals surface area contributed by atoms with Crippen molar-refractivity contribution in [1.82, 2.24) is 5.32 Å². The molecule has 3 saturated heterocycles. The molecule has 0 radical (unpaired) electrons. The molecule has 5 aliphatic rings. The lowest BCUT2D eigenvalue weighted by molar-refractivity contribution is 0.0968. The molecule has 0 bridgehead atoms. The fourth-order valence-corrected chi connectivity index (χ4v) is 2.83. The lowest BCUT2D eigenvalue weighted by Crippen LogP contribution is -2.21. The molecule has 0 unspecified atom stereocenters. The van der Waals surface area contributed by atoms with Crippen molar-refractivity contribution in [2.75, 3.05) is 59.3 Å². The quantitative estimate of drug-likeness (QED) is 0.255. The molecule has 0 spiro atoms. The Kier molecular flexibility index (Phi) is 57.7. The Bertz CT molecular complexity index is 485. The molecule has 0 amide bonds. The fourth-order valence-electron chi connectivity index (χ4n) is 2.83. The second-order valence-corrected chi connectivity index (χ2v) is 17.1. The molecule has 1 N–H and O–H groups in total. The van der Waals surface area contributed by atoms with Crippen LogP contribution < -0.4 is 5.32 Å². The highest BCUT2D eigenvalue weighted by Gasteiger charge is 1.96. The van der Waals surface area contributed by atoms with Gasteiger partial charge in [-0.3, -0.25) is 0 Å². The van der Waals surface area contributed by atoms with Crippen LogP contribution >= 0.6 is 0 Å². The van der Waals surface area contributed by atoms with E-state index in [1.165, 1.54) is 64.5 Å². The summed E-state index contributed by atoms with van der Waals surface area (Å²) in [5.74, 6) is 3.33. The van der Waals surface area contributed by atoms with E-state index in [0.717, 1.165) is 82.8 Å². The molecule has 49 heavy (non-hydrogen) atoms. The summed E-state index contributed by atoms with van der Waals surface area (Å²) < 4.78 is 19.8. The highest BCUT2D eigenvalue weighted by Crippen LogP contribution is 2.08. The van der Waals surface area contributed by atoms with Gasteiger partial charge in [0, 0.05) is 32.8 Å². The third-order valence-electron chi connectivity index (χ3n) is 4.52. The van der Waals surface area contributed by atoms with E-state index < -0.39 is 0 Å². The first-order chi connectivity index (χ1) is 22.9. The number of ether oxygens (including phenoxy) is 4. The normalized spacial score (nSPS) is 17.1. The Labute approximate surface area is 311 Å². The van der Waals surface area contributed by atoms with Crippen LogP contribution in [0.4, 0.5) is 0 Å². The van der Waals surface area contributed by atoms with Crippen LogP contribution in [0, 0.1) is 29.1 Å². The van der Waals surface area contributed by atoms with Crippen molar-refractivity contribution < 1.29 is 18.9 Å². The van der Waals surface area contributed by atoms with Crippen molar-refractivity contribution in [3.05, 3.63) is 24.5 Å². The van der Waals surface area contributed by atoms with Gasteiger partial charge >= 0.3 is 0 Å². The van der Waals surface area contributed by atoms with E-state index in [-0.39, 0.29) is 0 Å². The van der Waals surface area contributed by atoms with Crippen LogP contribution in [0.15, 0.2) is 24.5 Å². The van der Waals surface area contributed by atoms with Crippen LogP contribution in [-0.4, -0.2) is 59.3 Å². The topological polar surface area (TPSA) is 49.0 Å². The van der Waals surface area contributed by atoms with Crippen molar-refractivity contribution in [1.29, 1.82) is 0 Å². The molecule has 3 fully saturated rings. The summed E-state index contributed by atoms with van der Waals surface area (Å²) in [7, 11) is 0. The molecule has 0 aromatic rings. The van der Waals surface area contributed by atoms with Gasteiger partial charge in [-0.2, -0.15) is 0 Å². The molecule has 5 heterocycles. The zero-order valence-corrected chi connectivity index (χ0v) is 36.7. The second-order valence-electron chi connectivity index (χ2n) is 17.1. The number of hydrogen-bond donors (Lipinski definition) is 1. The molecule has 0 aliphatic carbocycles. The van der Waals surface area contributed by atoms with Crippen molar-refractivity contribution in [2.45, 2.75) is 175 Å². The second kappa shape index (κ2) is 49.2. The maximum absolute atomic E-state index is 5.07. The van der Waals surface area contributed by atoms with Crippen LogP contribution in [0.5, 0.6) is 0 Å². The predicted octanol–water partition coefficient (Wildman–Crippen LogP) is 13.3. The number of nitrogens with one attached hydrogen (secondary N) is 1. The summed E-state index contributed by atoms with van der Waals surface area (Å²) in [5, 5.41) is 3.28. The van der Waals surface area contributed by atoms with Crippen molar-refractivity contribution in [3.8, 4) is 0 Å². The van der Waals surface area contributed by atoms with Gasteiger partial charge in [-0.1, -0.05) is 129 Å². The first-order valence-electron chi connectivity index (χ1n) is 20.3. The predicted molar refractivity (Wildman–Crippen MR) is 223 cm³/mol. The Hall–Kier alpha value is -0.880. The van der Waals surface area contributed by atoms with E-state index in [0.29, 0.717) is 5.41 Å². The molecule has 0 aromatic carbocycles. The summed E-state index contributed by atoms with van der Waals surface area (Å²) in [4.78, 5) is 0. The zero-order chi connectivity index (χ0) is 38.6.